The molecule has 15 saturated carbocycles. The van der Waals surface area contributed by atoms with Crippen molar-refractivity contribution in [1.82, 2.24) is 0 Å². The maximum atomic E-state index is 13.6. The molecule has 0 spiro atoms. The van der Waals surface area contributed by atoms with Gasteiger partial charge in [0.25, 0.3) is 0 Å². The summed E-state index contributed by atoms with van der Waals surface area (Å²) < 4.78 is 44.7. The number of carbonyl (C=O) groups excluding carboxylic acids is 10. The average Bonchev–Trinajstić information content (AvgIpc) is 0.688. The quantitative estimate of drug-likeness (QED) is 0.0345. The molecule has 0 aliphatic heterocycles. The third-order valence-electron chi connectivity index (χ3n) is 32.5. The molecule has 642 valence electrons. The zero-order valence-corrected chi connectivity index (χ0v) is 73.6. The van der Waals surface area contributed by atoms with Gasteiger partial charge < -0.3 is 37.9 Å². The second kappa shape index (κ2) is 38.9. The number of hydrogen-bond donors (Lipinski definition) is 0. The first-order chi connectivity index (χ1) is 53.2. The third-order valence-corrected chi connectivity index (χ3v) is 32.5. The van der Waals surface area contributed by atoms with Crippen LogP contribution in [0.15, 0.2) is 0 Å². The summed E-state index contributed by atoms with van der Waals surface area (Å²) in [7, 11) is 0. The summed E-state index contributed by atoms with van der Waals surface area (Å²) in [6.07, 6.45) is 40.3. The number of carbonyl (C=O) groups is 10. The Balaban J connectivity index is 0.000000176. The number of esters is 8. The van der Waals surface area contributed by atoms with Gasteiger partial charge in [0.2, 0.25) is 0 Å². The van der Waals surface area contributed by atoms with Crippen LogP contribution in [-0.4, -0.2) is 109 Å². The molecule has 0 radical (unpaired) electrons. The molecule has 18 nitrogen and oxygen atoms in total. The Morgan fingerprint density at radius 3 is 1.09 bits per heavy atom. The molecule has 18 heteroatoms. The fourth-order valence-electron chi connectivity index (χ4n) is 23.8. The molecule has 0 aromatic carbocycles. The maximum absolute atomic E-state index is 13.6. The molecule has 113 heavy (non-hydrogen) atoms. The van der Waals surface area contributed by atoms with Crippen LogP contribution in [0.4, 0.5) is 0 Å². The molecule has 15 aliphatic rings. The Labute approximate surface area is 681 Å². The second-order valence-corrected chi connectivity index (χ2v) is 41.7. The van der Waals surface area contributed by atoms with E-state index >= 15 is 0 Å². The van der Waals surface area contributed by atoms with E-state index < -0.39 is 33.0 Å². The highest BCUT2D eigenvalue weighted by Gasteiger charge is 2.61. The zero-order chi connectivity index (χ0) is 82.7. The molecule has 0 N–H and O–H groups in total. The van der Waals surface area contributed by atoms with E-state index in [0.717, 1.165) is 92.8 Å². The van der Waals surface area contributed by atoms with Crippen molar-refractivity contribution < 1.29 is 85.8 Å². The topological polar surface area (TPSA) is 245 Å². The minimum absolute atomic E-state index is 0.000478. The predicted octanol–water partition coefficient (Wildman–Crippen LogP) is 20.5. The van der Waals surface area contributed by atoms with Gasteiger partial charge in [0.05, 0.1) is 34.2 Å². The van der Waals surface area contributed by atoms with Gasteiger partial charge in [-0.25, -0.2) is 9.59 Å². The molecule has 0 aromatic rings. The van der Waals surface area contributed by atoms with Crippen LogP contribution < -0.4 is 0 Å². The van der Waals surface area contributed by atoms with Crippen molar-refractivity contribution in [2.75, 3.05) is 33.0 Å². The van der Waals surface area contributed by atoms with Gasteiger partial charge in [-0.05, 0) is 331 Å². The largest absolute Gasteiger partial charge is 0.465 e. The average molecular weight is 1580 g/mol. The first kappa shape index (κ1) is 92.0. The molecule has 12 bridgehead atoms. The molecule has 15 rings (SSSR count). The Hall–Kier alpha value is -4.90. The van der Waals surface area contributed by atoms with Crippen LogP contribution in [0.2, 0.25) is 0 Å². The molecule has 0 saturated heterocycles. The first-order valence-electron chi connectivity index (χ1n) is 45.8. The van der Waals surface area contributed by atoms with Gasteiger partial charge in [-0.1, -0.05) is 99.8 Å². The number of rotatable bonds is 32. The smallest absolute Gasteiger partial charge is 0.344 e. The Kier molecular flexibility index (Phi) is 31.6. The minimum atomic E-state index is -0.563. The number of ketones is 2. The fourth-order valence-corrected chi connectivity index (χ4v) is 23.8. The molecular formula is C95H154O18. The van der Waals surface area contributed by atoms with Crippen LogP contribution in [0.5, 0.6) is 0 Å². The van der Waals surface area contributed by atoms with Crippen molar-refractivity contribution in [3.63, 3.8) is 0 Å². The maximum Gasteiger partial charge on any atom is 0.344 e. The lowest BCUT2D eigenvalue weighted by Gasteiger charge is -2.62. The molecular weight excluding hydrogens is 1430 g/mol. The van der Waals surface area contributed by atoms with E-state index in [9.17, 15) is 47.9 Å². The van der Waals surface area contributed by atoms with Gasteiger partial charge in [-0.15, -0.1) is 0 Å². The second-order valence-electron chi connectivity index (χ2n) is 41.7. The monoisotopic (exact) mass is 1580 g/mol. The summed E-state index contributed by atoms with van der Waals surface area (Å²) in [6.45, 7) is 33.1. The highest BCUT2D eigenvalue weighted by Crippen LogP contribution is 2.67. The molecule has 15 fully saturated rings. The number of Topliss-reactive ketones (excluding diaryl/α,β-unsaturated/α-hetero) is 2. The Morgan fingerprint density at radius 1 is 0.345 bits per heavy atom. The lowest BCUT2D eigenvalue weighted by atomic mass is 9.42. The van der Waals surface area contributed by atoms with E-state index in [0.29, 0.717) is 87.1 Å². The van der Waals surface area contributed by atoms with Crippen LogP contribution in [0.25, 0.3) is 0 Å². The molecule has 0 amide bonds. The van der Waals surface area contributed by atoms with Gasteiger partial charge in [0.15, 0.2) is 13.2 Å². The highest BCUT2D eigenvalue weighted by atomic mass is 16.6. The summed E-state index contributed by atoms with van der Waals surface area (Å²) in [5.41, 5.74) is -3.40. The van der Waals surface area contributed by atoms with Crippen molar-refractivity contribution in [1.29, 1.82) is 0 Å². The van der Waals surface area contributed by atoms with Gasteiger partial charge >= 0.3 is 47.8 Å². The van der Waals surface area contributed by atoms with Crippen LogP contribution in [0.3, 0.4) is 0 Å². The summed E-state index contributed by atoms with van der Waals surface area (Å²) in [6, 6.07) is 0. The molecule has 0 aromatic heterocycles. The predicted molar refractivity (Wildman–Crippen MR) is 435 cm³/mol. The SMILES string of the molecule is CCC(C)(C)C(=O)OCC(=O)OC(CC)(C1CCCCC1)C1CCCCC1.CCC(C)(C)C(=O)OCC(=O)OC1(C)C2CC3CC(C2)CC1C3.CCC(C)(C)C(=O)OCCCC(=O)OC1(C)C2CC3CC(C2)CC1C3.CCC(C)(C)C(=O)OCCOC(=O)C1CCCCC1C(=O)CCC(=O)C(C)(C)C12CC3CC(CC(C3)C1)C2. The summed E-state index contributed by atoms with van der Waals surface area (Å²) in [5.74, 6) is 5.76. The summed E-state index contributed by atoms with van der Waals surface area (Å²) in [4.78, 5) is 125. The minimum Gasteiger partial charge on any atom is -0.465 e. The van der Waals surface area contributed by atoms with Gasteiger partial charge in [0, 0.05) is 30.6 Å². The normalized spacial score (nSPS) is 31.7. The van der Waals surface area contributed by atoms with Gasteiger partial charge in [-0.2, -0.15) is 0 Å². The van der Waals surface area contributed by atoms with E-state index in [1.54, 1.807) is 0 Å². The van der Waals surface area contributed by atoms with Crippen molar-refractivity contribution in [2.45, 2.75) is 385 Å². The van der Waals surface area contributed by atoms with Crippen molar-refractivity contribution >= 4 is 59.3 Å². The van der Waals surface area contributed by atoms with Gasteiger partial charge in [0.1, 0.15) is 41.6 Å². The molecule has 2 atom stereocenters. The van der Waals surface area contributed by atoms with Crippen molar-refractivity contribution in [3.05, 3.63) is 0 Å². The van der Waals surface area contributed by atoms with E-state index in [-0.39, 0.29) is 127 Å². The zero-order valence-electron chi connectivity index (χ0n) is 73.6. The molecule has 15 aliphatic carbocycles. The van der Waals surface area contributed by atoms with Crippen LogP contribution in [0, 0.1) is 121 Å². The highest BCUT2D eigenvalue weighted by molar-refractivity contribution is 5.92. The Morgan fingerprint density at radius 2 is 0.690 bits per heavy atom. The van der Waals surface area contributed by atoms with Crippen LogP contribution in [-0.2, 0) is 85.8 Å². The van der Waals surface area contributed by atoms with E-state index in [1.807, 2.05) is 83.1 Å². The third kappa shape index (κ3) is 22.2. The van der Waals surface area contributed by atoms with E-state index in [2.05, 4.69) is 34.6 Å². The van der Waals surface area contributed by atoms with Crippen LogP contribution in [0.1, 0.15) is 368 Å². The van der Waals surface area contributed by atoms with Gasteiger partial charge in [-0.3, -0.25) is 38.4 Å². The number of hydrogen-bond acceptors (Lipinski definition) is 18. The lowest BCUT2D eigenvalue weighted by molar-refractivity contribution is -0.208. The summed E-state index contributed by atoms with van der Waals surface area (Å²) >= 11 is 0. The first-order valence-corrected chi connectivity index (χ1v) is 45.8. The Bertz CT molecular complexity index is 3130. The van der Waals surface area contributed by atoms with Crippen LogP contribution >= 0.6 is 0 Å². The fraction of sp³-hybridized carbons (Fsp3) is 0.895. The van der Waals surface area contributed by atoms with E-state index in [4.69, 9.17) is 37.9 Å². The lowest BCUT2D eigenvalue weighted by Crippen LogP contribution is -2.58. The molecule has 0 heterocycles. The number of ether oxygens (including phenoxy) is 8. The molecule has 2 unspecified atom stereocenters. The van der Waals surface area contributed by atoms with Crippen molar-refractivity contribution in [3.8, 4) is 0 Å². The summed E-state index contributed by atoms with van der Waals surface area (Å²) in [5, 5.41) is 0. The van der Waals surface area contributed by atoms with E-state index in [1.165, 1.54) is 141 Å². The van der Waals surface area contributed by atoms with Crippen molar-refractivity contribution in [2.24, 2.45) is 121 Å². The standard InChI is InChI=1S/C32H50O6.C23H40O4.C21H34O4.C19H30O4/c1-6-30(2,3)29(36)38-14-13-37-28(35)25-10-8-7-9-24(25)26(33)11-12-27(34)31(4,5)32-18-21-15-22(19-32)17-23(16-21)20-32;1-5-22(3,4)21(25)26-17-20(24)27-23(6-2,18-13-9-7-10-14-18)19-15-11-8-12-16-19;1-5-20(2,3)19(23)24-8-6-7-18(22)25-21(4)16-10-14-9-15(12-16)13-17(21)11-14;1-5-18(2,3)17(21)22-11-16(20)23-19(4)14-7-12-6-13(9-14)10-15(19)8-12/h21-25H,6-20H2,1-5H3;18-19H,5-17H2,1-4H3;14-17H,5-13H2,1-4H3;12-15H,5-11H2,1-4H3.